The van der Waals surface area contributed by atoms with Crippen LogP contribution in [0, 0.1) is 19.8 Å². The van der Waals surface area contributed by atoms with Crippen molar-refractivity contribution in [2.75, 3.05) is 18.4 Å². The van der Waals surface area contributed by atoms with E-state index in [0.29, 0.717) is 12.3 Å². The van der Waals surface area contributed by atoms with Crippen LogP contribution in [0.15, 0.2) is 18.2 Å². The van der Waals surface area contributed by atoms with Crippen LogP contribution in [0.25, 0.3) is 0 Å². The number of amides is 1. The van der Waals surface area contributed by atoms with Crippen LogP contribution in [0.4, 0.5) is 0 Å². The van der Waals surface area contributed by atoms with Crippen molar-refractivity contribution in [2.45, 2.75) is 33.1 Å². The second-order valence-electron chi connectivity index (χ2n) is 5.57. The molecule has 1 aromatic rings. The summed E-state index contributed by atoms with van der Waals surface area (Å²) >= 11 is 3.48. The van der Waals surface area contributed by atoms with Crippen LogP contribution >= 0.6 is 15.9 Å². The van der Waals surface area contributed by atoms with Gasteiger partial charge >= 0.3 is 0 Å². The lowest BCUT2D eigenvalue weighted by Gasteiger charge is -2.16. The highest BCUT2D eigenvalue weighted by Crippen LogP contribution is 2.21. The van der Waals surface area contributed by atoms with Crippen molar-refractivity contribution in [1.82, 2.24) is 4.90 Å². The quantitative estimate of drug-likeness (QED) is 0.777. The summed E-state index contributed by atoms with van der Waals surface area (Å²) in [5.74, 6) is 0.961. The van der Waals surface area contributed by atoms with Crippen molar-refractivity contribution in [3.8, 4) is 0 Å². The maximum atomic E-state index is 12.3. The highest BCUT2D eigenvalue weighted by molar-refractivity contribution is 9.09. The van der Waals surface area contributed by atoms with Crippen molar-refractivity contribution in [1.29, 1.82) is 0 Å². The zero-order valence-corrected chi connectivity index (χ0v) is 13.4. The maximum absolute atomic E-state index is 12.3. The van der Waals surface area contributed by atoms with Crippen LogP contribution in [-0.4, -0.2) is 29.2 Å². The number of benzene rings is 1. The van der Waals surface area contributed by atoms with E-state index in [9.17, 15) is 4.79 Å². The zero-order valence-electron chi connectivity index (χ0n) is 11.8. The van der Waals surface area contributed by atoms with Crippen LogP contribution < -0.4 is 0 Å². The van der Waals surface area contributed by atoms with Gasteiger partial charge in [0, 0.05) is 18.4 Å². The van der Waals surface area contributed by atoms with Gasteiger partial charge in [0.25, 0.3) is 0 Å². The molecule has 2 nitrogen and oxygen atoms in total. The van der Waals surface area contributed by atoms with E-state index in [2.05, 4.69) is 48.0 Å². The number of nitrogens with zero attached hydrogens (tertiary/aromatic N) is 1. The van der Waals surface area contributed by atoms with Gasteiger partial charge in [0.1, 0.15) is 0 Å². The van der Waals surface area contributed by atoms with Crippen molar-refractivity contribution >= 4 is 21.8 Å². The molecule has 1 aromatic carbocycles. The lowest BCUT2D eigenvalue weighted by atomic mass is 10.0. The summed E-state index contributed by atoms with van der Waals surface area (Å²) in [7, 11) is 0. The number of hydrogen-bond acceptors (Lipinski definition) is 1. The molecule has 2 rings (SSSR count). The maximum Gasteiger partial charge on any atom is 0.226 e. The largest absolute Gasteiger partial charge is 0.342 e. The fourth-order valence-electron chi connectivity index (χ4n) is 2.65. The third-order valence-electron chi connectivity index (χ3n) is 4.08. The molecule has 0 spiro atoms. The average Bonchev–Trinajstić information content (AvgIpc) is 2.83. The Labute approximate surface area is 124 Å². The summed E-state index contributed by atoms with van der Waals surface area (Å²) in [4.78, 5) is 14.3. The standard InChI is InChI=1S/C16H22BrNO/c1-12-3-4-15(9-13(12)2)10-16(19)18-8-6-14(11-18)5-7-17/h3-4,9,14H,5-8,10-11H2,1-2H3. The summed E-state index contributed by atoms with van der Waals surface area (Å²) in [6.45, 7) is 6.08. The highest BCUT2D eigenvalue weighted by atomic mass is 79.9. The number of aryl methyl sites for hydroxylation is 2. The molecular weight excluding hydrogens is 302 g/mol. The molecule has 1 aliphatic heterocycles. The SMILES string of the molecule is Cc1ccc(CC(=O)N2CCC(CCBr)C2)cc1C. The van der Waals surface area contributed by atoms with Gasteiger partial charge in [0.2, 0.25) is 5.91 Å². The molecule has 3 heteroatoms. The Kier molecular flexibility index (Phi) is 5.03. The van der Waals surface area contributed by atoms with E-state index in [-0.39, 0.29) is 5.91 Å². The fourth-order valence-corrected chi connectivity index (χ4v) is 3.30. The Morgan fingerprint density at radius 3 is 2.84 bits per heavy atom. The predicted octanol–water partition coefficient (Wildman–Crippen LogP) is 3.48. The third kappa shape index (κ3) is 3.82. The molecule has 1 heterocycles. The molecule has 0 N–H and O–H groups in total. The van der Waals surface area contributed by atoms with Crippen molar-refractivity contribution in [3.05, 3.63) is 34.9 Å². The van der Waals surface area contributed by atoms with Crippen molar-refractivity contribution in [2.24, 2.45) is 5.92 Å². The Bertz CT molecular complexity index is 458. The monoisotopic (exact) mass is 323 g/mol. The van der Waals surface area contributed by atoms with Crippen LogP contribution in [-0.2, 0) is 11.2 Å². The summed E-state index contributed by atoms with van der Waals surface area (Å²) in [6, 6.07) is 6.32. The summed E-state index contributed by atoms with van der Waals surface area (Å²) in [6.07, 6.45) is 2.87. The van der Waals surface area contributed by atoms with E-state index in [1.165, 1.54) is 17.5 Å². The summed E-state index contributed by atoms with van der Waals surface area (Å²) in [5, 5.41) is 1.04. The lowest BCUT2D eigenvalue weighted by molar-refractivity contribution is -0.129. The molecule has 1 fully saturated rings. The highest BCUT2D eigenvalue weighted by Gasteiger charge is 2.25. The number of carbonyl (C=O) groups excluding carboxylic acids is 1. The van der Waals surface area contributed by atoms with E-state index in [0.717, 1.165) is 30.4 Å². The zero-order chi connectivity index (χ0) is 13.8. The first-order valence-corrected chi connectivity index (χ1v) is 8.12. The molecule has 1 amide bonds. The minimum Gasteiger partial charge on any atom is -0.342 e. The van der Waals surface area contributed by atoms with Gasteiger partial charge in [0.15, 0.2) is 0 Å². The number of rotatable bonds is 4. The molecule has 1 saturated heterocycles. The molecule has 0 aromatic heterocycles. The molecule has 1 unspecified atom stereocenters. The van der Waals surface area contributed by atoms with E-state index in [1.807, 2.05) is 4.90 Å². The topological polar surface area (TPSA) is 20.3 Å². The fraction of sp³-hybridized carbons (Fsp3) is 0.562. The van der Waals surface area contributed by atoms with Crippen molar-refractivity contribution in [3.63, 3.8) is 0 Å². The molecule has 1 aliphatic rings. The number of halogens is 1. The first-order valence-electron chi connectivity index (χ1n) is 7.00. The third-order valence-corrected chi connectivity index (χ3v) is 4.54. The van der Waals surface area contributed by atoms with E-state index < -0.39 is 0 Å². The van der Waals surface area contributed by atoms with Gasteiger partial charge in [-0.05, 0) is 49.3 Å². The normalized spacial score (nSPS) is 18.9. The first kappa shape index (κ1) is 14.6. The molecular formula is C16H22BrNO. The summed E-state index contributed by atoms with van der Waals surface area (Å²) < 4.78 is 0. The number of hydrogen-bond donors (Lipinski definition) is 0. The first-order chi connectivity index (χ1) is 9.10. The van der Waals surface area contributed by atoms with Gasteiger partial charge in [0.05, 0.1) is 6.42 Å². The van der Waals surface area contributed by atoms with Gasteiger partial charge in [-0.2, -0.15) is 0 Å². The molecule has 104 valence electrons. The van der Waals surface area contributed by atoms with Gasteiger partial charge in [-0.25, -0.2) is 0 Å². The molecule has 1 atom stereocenters. The molecule has 0 radical (unpaired) electrons. The lowest BCUT2D eigenvalue weighted by Crippen LogP contribution is -2.30. The Hall–Kier alpha value is -0.830. The predicted molar refractivity (Wildman–Crippen MR) is 82.7 cm³/mol. The minimum absolute atomic E-state index is 0.278. The van der Waals surface area contributed by atoms with Crippen molar-refractivity contribution < 1.29 is 4.79 Å². The van der Waals surface area contributed by atoms with Crippen LogP contribution in [0.2, 0.25) is 0 Å². The van der Waals surface area contributed by atoms with Gasteiger partial charge in [-0.3, -0.25) is 4.79 Å². The molecule has 0 saturated carbocycles. The summed E-state index contributed by atoms with van der Waals surface area (Å²) in [5.41, 5.74) is 3.69. The van der Waals surface area contributed by atoms with Gasteiger partial charge in [-0.15, -0.1) is 0 Å². The Morgan fingerprint density at radius 1 is 1.37 bits per heavy atom. The number of carbonyl (C=O) groups is 1. The van der Waals surface area contributed by atoms with E-state index in [1.54, 1.807) is 0 Å². The van der Waals surface area contributed by atoms with E-state index >= 15 is 0 Å². The second kappa shape index (κ2) is 6.56. The van der Waals surface area contributed by atoms with Crippen LogP contribution in [0.1, 0.15) is 29.5 Å². The number of likely N-dealkylation sites (tertiary alicyclic amines) is 1. The molecule has 19 heavy (non-hydrogen) atoms. The van der Waals surface area contributed by atoms with Gasteiger partial charge in [-0.1, -0.05) is 34.1 Å². The molecule has 0 bridgehead atoms. The van der Waals surface area contributed by atoms with Crippen LogP contribution in [0.3, 0.4) is 0 Å². The Morgan fingerprint density at radius 2 is 2.16 bits per heavy atom. The average molecular weight is 324 g/mol. The number of alkyl halides is 1. The minimum atomic E-state index is 0.278. The Balaban J connectivity index is 1.92. The smallest absolute Gasteiger partial charge is 0.226 e. The van der Waals surface area contributed by atoms with E-state index in [4.69, 9.17) is 0 Å². The second-order valence-corrected chi connectivity index (χ2v) is 6.36. The van der Waals surface area contributed by atoms with Crippen LogP contribution in [0.5, 0.6) is 0 Å². The molecule has 0 aliphatic carbocycles. The van der Waals surface area contributed by atoms with Gasteiger partial charge < -0.3 is 4.90 Å².